The van der Waals surface area contributed by atoms with Crippen LogP contribution in [-0.4, -0.2) is 27.5 Å². The second-order valence-electron chi connectivity index (χ2n) is 4.49. The standard InChI is InChI=1S/C14H19N5O2/c1-3-21-13-7-5-4-6-12(13)16-14(20)10(2)19-9-11(8-15)17-18-19/h4-7,9-10H,3,8,15H2,1-2H3,(H,16,20). The molecule has 112 valence electrons. The second-order valence-corrected chi connectivity index (χ2v) is 4.49. The molecule has 0 fully saturated rings. The Morgan fingerprint density at radius 2 is 2.24 bits per heavy atom. The fourth-order valence-corrected chi connectivity index (χ4v) is 1.80. The van der Waals surface area contributed by atoms with Crippen molar-refractivity contribution in [1.82, 2.24) is 15.0 Å². The molecule has 0 aliphatic heterocycles. The number of benzene rings is 1. The molecule has 1 amide bonds. The molecule has 0 spiro atoms. The summed E-state index contributed by atoms with van der Waals surface area (Å²) in [6.07, 6.45) is 1.67. The Kier molecular flexibility index (Phi) is 4.89. The first-order chi connectivity index (χ1) is 10.2. The van der Waals surface area contributed by atoms with Gasteiger partial charge in [-0.25, -0.2) is 4.68 Å². The minimum atomic E-state index is -0.493. The highest BCUT2D eigenvalue weighted by Gasteiger charge is 2.18. The van der Waals surface area contributed by atoms with E-state index in [0.29, 0.717) is 30.3 Å². The third-order valence-corrected chi connectivity index (χ3v) is 2.99. The van der Waals surface area contributed by atoms with E-state index in [2.05, 4.69) is 15.6 Å². The number of carbonyl (C=O) groups is 1. The van der Waals surface area contributed by atoms with Crippen LogP contribution in [-0.2, 0) is 11.3 Å². The van der Waals surface area contributed by atoms with Gasteiger partial charge in [0.25, 0.3) is 0 Å². The molecule has 0 aliphatic rings. The molecule has 0 bridgehead atoms. The predicted molar refractivity (Wildman–Crippen MR) is 78.9 cm³/mol. The summed E-state index contributed by atoms with van der Waals surface area (Å²) in [6.45, 7) is 4.46. The normalized spacial score (nSPS) is 12.0. The van der Waals surface area contributed by atoms with E-state index in [0.717, 1.165) is 0 Å². The molecule has 7 heteroatoms. The van der Waals surface area contributed by atoms with Gasteiger partial charge in [-0.1, -0.05) is 17.3 Å². The van der Waals surface area contributed by atoms with Crippen molar-refractivity contribution in [2.75, 3.05) is 11.9 Å². The van der Waals surface area contributed by atoms with E-state index < -0.39 is 6.04 Å². The summed E-state index contributed by atoms with van der Waals surface area (Å²) >= 11 is 0. The number of amides is 1. The van der Waals surface area contributed by atoms with E-state index in [1.54, 1.807) is 19.2 Å². The zero-order valence-corrected chi connectivity index (χ0v) is 12.1. The van der Waals surface area contributed by atoms with Gasteiger partial charge in [0, 0.05) is 6.54 Å². The Balaban J connectivity index is 2.10. The monoisotopic (exact) mass is 289 g/mol. The van der Waals surface area contributed by atoms with Crippen molar-refractivity contribution >= 4 is 11.6 Å². The molecule has 2 aromatic rings. The number of nitrogens with two attached hydrogens (primary N) is 1. The first-order valence-electron chi connectivity index (χ1n) is 6.79. The molecular weight excluding hydrogens is 270 g/mol. The quantitative estimate of drug-likeness (QED) is 0.836. The molecule has 21 heavy (non-hydrogen) atoms. The Morgan fingerprint density at radius 3 is 2.90 bits per heavy atom. The number of ether oxygens (including phenoxy) is 1. The molecule has 7 nitrogen and oxygen atoms in total. The third kappa shape index (κ3) is 3.57. The number of rotatable bonds is 6. The number of carbonyl (C=O) groups excluding carboxylic acids is 1. The molecule has 1 aromatic carbocycles. The Morgan fingerprint density at radius 1 is 1.48 bits per heavy atom. The molecule has 0 saturated heterocycles. The lowest BCUT2D eigenvalue weighted by Gasteiger charge is -2.14. The highest BCUT2D eigenvalue weighted by Crippen LogP contribution is 2.24. The summed E-state index contributed by atoms with van der Waals surface area (Å²) in [5, 5.41) is 10.6. The highest BCUT2D eigenvalue weighted by atomic mass is 16.5. The average molecular weight is 289 g/mol. The van der Waals surface area contributed by atoms with Crippen LogP contribution in [0, 0.1) is 0 Å². The smallest absolute Gasteiger partial charge is 0.249 e. The molecule has 1 heterocycles. The molecule has 0 saturated carbocycles. The van der Waals surface area contributed by atoms with E-state index in [-0.39, 0.29) is 5.91 Å². The number of aromatic nitrogens is 3. The Labute approximate surface area is 123 Å². The zero-order chi connectivity index (χ0) is 15.2. The number of hydrogen-bond donors (Lipinski definition) is 2. The largest absolute Gasteiger partial charge is 0.492 e. The van der Waals surface area contributed by atoms with Crippen molar-refractivity contribution < 1.29 is 9.53 Å². The number of anilines is 1. The van der Waals surface area contributed by atoms with Crippen molar-refractivity contribution in [3.05, 3.63) is 36.2 Å². The predicted octanol–water partition coefficient (Wildman–Crippen LogP) is 1.34. The highest BCUT2D eigenvalue weighted by molar-refractivity contribution is 5.94. The van der Waals surface area contributed by atoms with Crippen molar-refractivity contribution in [2.24, 2.45) is 5.73 Å². The summed E-state index contributed by atoms with van der Waals surface area (Å²) in [7, 11) is 0. The molecule has 1 aromatic heterocycles. The molecule has 1 unspecified atom stereocenters. The summed E-state index contributed by atoms with van der Waals surface area (Å²) in [6, 6.07) is 6.81. The van der Waals surface area contributed by atoms with Gasteiger partial charge < -0.3 is 15.8 Å². The van der Waals surface area contributed by atoms with Crippen LogP contribution in [0.15, 0.2) is 30.5 Å². The third-order valence-electron chi connectivity index (χ3n) is 2.99. The van der Waals surface area contributed by atoms with E-state index in [1.807, 2.05) is 25.1 Å². The summed E-state index contributed by atoms with van der Waals surface area (Å²) in [5.41, 5.74) is 6.76. The fourth-order valence-electron chi connectivity index (χ4n) is 1.80. The van der Waals surface area contributed by atoms with Gasteiger partial charge in [-0.2, -0.15) is 0 Å². The SMILES string of the molecule is CCOc1ccccc1NC(=O)C(C)n1cc(CN)nn1. The van der Waals surface area contributed by atoms with Gasteiger partial charge in [0.2, 0.25) is 5.91 Å². The topological polar surface area (TPSA) is 95.1 Å². The van der Waals surface area contributed by atoms with Crippen LogP contribution in [0.1, 0.15) is 25.6 Å². The lowest BCUT2D eigenvalue weighted by molar-refractivity contribution is -0.119. The van der Waals surface area contributed by atoms with E-state index in [1.165, 1.54) is 4.68 Å². The first kappa shape index (κ1) is 15.0. The van der Waals surface area contributed by atoms with Crippen LogP contribution in [0.2, 0.25) is 0 Å². The maximum absolute atomic E-state index is 12.3. The lowest BCUT2D eigenvalue weighted by atomic mass is 10.2. The number of nitrogens with one attached hydrogen (secondary N) is 1. The summed E-state index contributed by atoms with van der Waals surface area (Å²) in [4.78, 5) is 12.3. The summed E-state index contributed by atoms with van der Waals surface area (Å²) in [5.74, 6) is 0.442. The van der Waals surface area contributed by atoms with Gasteiger partial charge >= 0.3 is 0 Å². The van der Waals surface area contributed by atoms with Crippen molar-refractivity contribution in [3.8, 4) is 5.75 Å². The number of hydrogen-bond acceptors (Lipinski definition) is 5. The molecule has 2 rings (SSSR count). The number of para-hydroxylation sites is 2. The van der Waals surface area contributed by atoms with Gasteiger partial charge in [-0.05, 0) is 26.0 Å². The maximum Gasteiger partial charge on any atom is 0.249 e. The van der Waals surface area contributed by atoms with E-state index in [9.17, 15) is 4.79 Å². The summed E-state index contributed by atoms with van der Waals surface area (Å²) < 4.78 is 6.97. The van der Waals surface area contributed by atoms with Gasteiger partial charge in [0.1, 0.15) is 11.8 Å². The second kappa shape index (κ2) is 6.85. The van der Waals surface area contributed by atoms with Crippen LogP contribution in [0.4, 0.5) is 5.69 Å². The minimum absolute atomic E-state index is 0.198. The minimum Gasteiger partial charge on any atom is -0.492 e. The average Bonchev–Trinajstić information content (AvgIpc) is 2.97. The zero-order valence-electron chi connectivity index (χ0n) is 12.1. The molecule has 1 atom stereocenters. The fraction of sp³-hybridized carbons (Fsp3) is 0.357. The van der Waals surface area contributed by atoms with Gasteiger partial charge in [0.05, 0.1) is 24.2 Å². The Bertz CT molecular complexity index is 611. The molecular formula is C14H19N5O2. The van der Waals surface area contributed by atoms with E-state index in [4.69, 9.17) is 10.5 Å². The van der Waals surface area contributed by atoms with Crippen LogP contribution >= 0.6 is 0 Å². The van der Waals surface area contributed by atoms with Crippen LogP contribution in [0.25, 0.3) is 0 Å². The maximum atomic E-state index is 12.3. The van der Waals surface area contributed by atoms with Crippen molar-refractivity contribution in [1.29, 1.82) is 0 Å². The molecule has 3 N–H and O–H groups in total. The van der Waals surface area contributed by atoms with Gasteiger partial charge in [-0.15, -0.1) is 5.10 Å². The van der Waals surface area contributed by atoms with Crippen LogP contribution in [0.3, 0.4) is 0 Å². The number of nitrogens with zero attached hydrogens (tertiary/aromatic N) is 3. The first-order valence-corrected chi connectivity index (χ1v) is 6.79. The lowest BCUT2D eigenvalue weighted by Crippen LogP contribution is -2.24. The van der Waals surface area contributed by atoms with Crippen LogP contribution < -0.4 is 15.8 Å². The van der Waals surface area contributed by atoms with E-state index >= 15 is 0 Å². The van der Waals surface area contributed by atoms with Crippen molar-refractivity contribution in [3.63, 3.8) is 0 Å². The van der Waals surface area contributed by atoms with Crippen molar-refractivity contribution in [2.45, 2.75) is 26.4 Å². The van der Waals surface area contributed by atoms with Gasteiger partial charge in [0.15, 0.2) is 0 Å². The van der Waals surface area contributed by atoms with Crippen LogP contribution in [0.5, 0.6) is 5.75 Å². The molecule has 0 aliphatic carbocycles. The molecule has 0 radical (unpaired) electrons. The van der Waals surface area contributed by atoms with Gasteiger partial charge in [-0.3, -0.25) is 4.79 Å². The Hall–Kier alpha value is -2.41.